The highest BCUT2D eigenvalue weighted by atomic mass is 16.4. The summed E-state index contributed by atoms with van der Waals surface area (Å²) >= 11 is 0. The number of benzene rings is 1. The maximum Gasteiger partial charge on any atom is 0.335 e. The van der Waals surface area contributed by atoms with E-state index in [0.717, 1.165) is 16.5 Å². The number of rotatable bonds is 2. The second kappa shape index (κ2) is 3.64. The number of hydrogen-bond acceptors (Lipinski definition) is 2. The number of hydrogen-bond donors (Lipinski definition) is 2. The van der Waals surface area contributed by atoms with Gasteiger partial charge in [-0.2, -0.15) is 0 Å². The van der Waals surface area contributed by atoms with Crippen molar-refractivity contribution in [1.29, 1.82) is 0 Å². The van der Waals surface area contributed by atoms with E-state index in [-0.39, 0.29) is 6.04 Å². The second-order valence-electron chi connectivity index (χ2n) is 4.02. The standard InChI is InChI=1S/C12H14N2O2/c1-7(13)10-6-14(2)11-4-3-8(12(15)16)5-9(10)11/h3-7H,13H2,1-2H3,(H,15,16). The van der Waals surface area contributed by atoms with Crippen molar-refractivity contribution in [2.24, 2.45) is 12.8 Å². The van der Waals surface area contributed by atoms with Gasteiger partial charge < -0.3 is 15.4 Å². The van der Waals surface area contributed by atoms with Gasteiger partial charge in [-0.15, -0.1) is 0 Å². The number of nitrogens with zero attached hydrogens (tertiary/aromatic N) is 1. The summed E-state index contributed by atoms with van der Waals surface area (Å²) in [7, 11) is 1.93. The molecule has 0 amide bonds. The normalized spacial score (nSPS) is 12.9. The lowest BCUT2D eigenvalue weighted by Crippen LogP contribution is -2.04. The topological polar surface area (TPSA) is 68.2 Å². The van der Waals surface area contributed by atoms with Gasteiger partial charge in [0.05, 0.1) is 5.56 Å². The highest BCUT2D eigenvalue weighted by molar-refractivity contribution is 5.95. The third-order valence-corrected chi connectivity index (χ3v) is 2.76. The van der Waals surface area contributed by atoms with Crippen LogP contribution in [0.25, 0.3) is 10.9 Å². The minimum Gasteiger partial charge on any atom is -0.478 e. The highest BCUT2D eigenvalue weighted by Gasteiger charge is 2.12. The molecule has 1 unspecified atom stereocenters. The fourth-order valence-electron chi connectivity index (χ4n) is 1.92. The number of fused-ring (bicyclic) bond motifs is 1. The minimum atomic E-state index is -0.915. The zero-order valence-electron chi connectivity index (χ0n) is 9.27. The molecule has 84 valence electrons. The molecule has 2 rings (SSSR count). The van der Waals surface area contributed by atoms with E-state index in [1.165, 1.54) is 0 Å². The van der Waals surface area contributed by atoms with Crippen LogP contribution in [0.3, 0.4) is 0 Å². The number of nitrogens with two attached hydrogens (primary N) is 1. The summed E-state index contributed by atoms with van der Waals surface area (Å²) in [5.74, 6) is -0.915. The van der Waals surface area contributed by atoms with Gasteiger partial charge in [-0.25, -0.2) is 4.79 Å². The Morgan fingerprint density at radius 3 is 2.75 bits per heavy atom. The molecule has 3 N–H and O–H groups in total. The van der Waals surface area contributed by atoms with Crippen LogP contribution in [0.2, 0.25) is 0 Å². The van der Waals surface area contributed by atoms with E-state index in [1.54, 1.807) is 12.1 Å². The van der Waals surface area contributed by atoms with Crippen molar-refractivity contribution in [3.8, 4) is 0 Å². The Labute approximate surface area is 93.3 Å². The zero-order valence-corrected chi connectivity index (χ0v) is 9.27. The van der Waals surface area contributed by atoms with E-state index in [2.05, 4.69) is 0 Å². The molecule has 2 aromatic rings. The molecule has 1 aromatic carbocycles. The monoisotopic (exact) mass is 218 g/mol. The molecule has 0 aliphatic heterocycles. The predicted molar refractivity (Wildman–Crippen MR) is 62.5 cm³/mol. The molecule has 0 saturated heterocycles. The minimum absolute atomic E-state index is 0.104. The second-order valence-corrected chi connectivity index (χ2v) is 4.02. The largest absolute Gasteiger partial charge is 0.478 e. The van der Waals surface area contributed by atoms with Crippen molar-refractivity contribution >= 4 is 16.9 Å². The van der Waals surface area contributed by atoms with Crippen LogP contribution in [0.5, 0.6) is 0 Å². The Kier molecular flexibility index (Phi) is 2.44. The fraction of sp³-hybridized carbons (Fsp3) is 0.250. The molecule has 0 radical (unpaired) electrons. The SMILES string of the molecule is CC(N)c1cn(C)c2ccc(C(=O)O)cc12. The van der Waals surface area contributed by atoms with Crippen LogP contribution in [0.4, 0.5) is 0 Å². The summed E-state index contributed by atoms with van der Waals surface area (Å²) in [6, 6.07) is 4.99. The molecule has 0 saturated carbocycles. The highest BCUT2D eigenvalue weighted by Crippen LogP contribution is 2.25. The molecule has 0 bridgehead atoms. The maximum absolute atomic E-state index is 10.9. The van der Waals surface area contributed by atoms with Gasteiger partial charge in [0.1, 0.15) is 0 Å². The van der Waals surface area contributed by atoms with Crippen LogP contribution in [-0.2, 0) is 7.05 Å². The summed E-state index contributed by atoms with van der Waals surface area (Å²) in [6.45, 7) is 1.89. The molecule has 4 nitrogen and oxygen atoms in total. The Morgan fingerprint density at radius 1 is 1.50 bits per heavy atom. The van der Waals surface area contributed by atoms with Gasteiger partial charge in [-0.05, 0) is 30.7 Å². The quantitative estimate of drug-likeness (QED) is 0.808. The number of carboxylic acids is 1. The smallest absolute Gasteiger partial charge is 0.335 e. The zero-order chi connectivity index (χ0) is 11.9. The summed E-state index contributed by atoms with van der Waals surface area (Å²) in [5.41, 5.74) is 8.12. The first-order chi connectivity index (χ1) is 7.50. The lowest BCUT2D eigenvalue weighted by molar-refractivity contribution is 0.0697. The van der Waals surface area contributed by atoms with Crippen LogP contribution >= 0.6 is 0 Å². The van der Waals surface area contributed by atoms with E-state index < -0.39 is 5.97 Å². The summed E-state index contributed by atoms with van der Waals surface area (Å²) in [5, 5.41) is 9.86. The summed E-state index contributed by atoms with van der Waals surface area (Å²) < 4.78 is 1.96. The number of aromatic carboxylic acids is 1. The molecule has 0 spiro atoms. The number of aromatic nitrogens is 1. The molecular formula is C12H14N2O2. The molecule has 0 aliphatic carbocycles. The van der Waals surface area contributed by atoms with Crippen LogP contribution in [0.1, 0.15) is 28.9 Å². The Hall–Kier alpha value is -1.81. The molecule has 0 aliphatic rings. The van der Waals surface area contributed by atoms with Crippen molar-refractivity contribution in [2.75, 3.05) is 0 Å². The van der Waals surface area contributed by atoms with Gasteiger partial charge in [-0.1, -0.05) is 0 Å². The van der Waals surface area contributed by atoms with Gasteiger partial charge in [0, 0.05) is 30.2 Å². The fourth-order valence-corrected chi connectivity index (χ4v) is 1.92. The first kappa shape index (κ1) is 10.7. The maximum atomic E-state index is 10.9. The van der Waals surface area contributed by atoms with Gasteiger partial charge in [0.25, 0.3) is 0 Å². The molecule has 16 heavy (non-hydrogen) atoms. The molecule has 0 fully saturated rings. The first-order valence-corrected chi connectivity index (χ1v) is 5.08. The van der Waals surface area contributed by atoms with Gasteiger partial charge >= 0.3 is 5.97 Å². The van der Waals surface area contributed by atoms with Crippen molar-refractivity contribution in [3.05, 3.63) is 35.5 Å². The third-order valence-electron chi connectivity index (χ3n) is 2.76. The molecule has 1 atom stereocenters. The average molecular weight is 218 g/mol. The van der Waals surface area contributed by atoms with Crippen LogP contribution in [0.15, 0.2) is 24.4 Å². The van der Waals surface area contributed by atoms with Crippen molar-refractivity contribution < 1.29 is 9.90 Å². The van der Waals surface area contributed by atoms with E-state index in [0.29, 0.717) is 5.56 Å². The van der Waals surface area contributed by atoms with Crippen LogP contribution < -0.4 is 5.73 Å². The predicted octanol–water partition coefficient (Wildman–Crippen LogP) is 1.90. The van der Waals surface area contributed by atoms with Gasteiger partial charge in [0.2, 0.25) is 0 Å². The summed E-state index contributed by atoms with van der Waals surface area (Å²) in [6.07, 6.45) is 1.95. The van der Waals surface area contributed by atoms with E-state index in [1.807, 2.05) is 30.8 Å². The van der Waals surface area contributed by atoms with Crippen molar-refractivity contribution in [3.63, 3.8) is 0 Å². The van der Waals surface area contributed by atoms with Gasteiger partial charge in [-0.3, -0.25) is 0 Å². The average Bonchev–Trinajstić information content (AvgIpc) is 2.56. The van der Waals surface area contributed by atoms with Gasteiger partial charge in [0.15, 0.2) is 0 Å². The van der Waals surface area contributed by atoms with Crippen molar-refractivity contribution in [1.82, 2.24) is 4.57 Å². The Morgan fingerprint density at radius 2 is 2.19 bits per heavy atom. The van der Waals surface area contributed by atoms with E-state index in [4.69, 9.17) is 10.8 Å². The number of carboxylic acid groups (broad SMARTS) is 1. The lowest BCUT2D eigenvalue weighted by atomic mass is 10.1. The Balaban J connectivity index is 2.74. The molecule has 4 heteroatoms. The lowest BCUT2D eigenvalue weighted by Gasteiger charge is -2.03. The Bertz CT molecular complexity index is 555. The first-order valence-electron chi connectivity index (χ1n) is 5.08. The third kappa shape index (κ3) is 1.57. The van der Waals surface area contributed by atoms with Crippen LogP contribution in [0, 0.1) is 0 Å². The van der Waals surface area contributed by atoms with Crippen molar-refractivity contribution in [2.45, 2.75) is 13.0 Å². The molecular weight excluding hydrogens is 204 g/mol. The molecule has 1 heterocycles. The summed E-state index contributed by atoms with van der Waals surface area (Å²) in [4.78, 5) is 10.9. The van der Waals surface area contributed by atoms with E-state index in [9.17, 15) is 4.79 Å². The number of carbonyl (C=O) groups is 1. The molecule has 1 aromatic heterocycles. The number of aryl methyl sites for hydroxylation is 1. The van der Waals surface area contributed by atoms with Crippen LogP contribution in [-0.4, -0.2) is 15.6 Å². The van der Waals surface area contributed by atoms with E-state index >= 15 is 0 Å².